The first-order chi connectivity index (χ1) is 9.11. The van der Waals surface area contributed by atoms with Crippen LogP contribution in [0.1, 0.15) is 34.4 Å². The molecule has 0 fully saturated rings. The minimum absolute atomic E-state index is 0.455. The van der Waals surface area contributed by atoms with E-state index in [-0.39, 0.29) is 0 Å². The lowest BCUT2D eigenvalue weighted by Crippen LogP contribution is -2.14. The molecule has 1 aromatic carbocycles. The Morgan fingerprint density at radius 1 is 1.26 bits per heavy atom. The zero-order valence-corrected chi connectivity index (χ0v) is 12.0. The number of aliphatic carboxylic acids is 1. The van der Waals surface area contributed by atoms with E-state index >= 15 is 0 Å². The van der Waals surface area contributed by atoms with Crippen LogP contribution < -0.4 is 0 Å². The number of hydrogen-bond acceptors (Lipinski definition) is 2. The zero-order chi connectivity index (χ0) is 13.8. The zero-order valence-electron chi connectivity index (χ0n) is 11.2. The predicted molar refractivity (Wildman–Crippen MR) is 79.0 cm³/mol. The van der Waals surface area contributed by atoms with E-state index in [1.54, 1.807) is 11.3 Å². The molecule has 1 N–H and O–H groups in total. The lowest BCUT2D eigenvalue weighted by atomic mass is 9.93. The maximum Gasteiger partial charge on any atom is 0.311 e. The first kappa shape index (κ1) is 13.8. The lowest BCUT2D eigenvalue weighted by molar-refractivity contribution is -0.138. The summed E-state index contributed by atoms with van der Waals surface area (Å²) in [4.78, 5) is 12.7. The van der Waals surface area contributed by atoms with E-state index in [1.165, 1.54) is 11.1 Å². The summed E-state index contributed by atoms with van der Waals surface area (Å²) in [5.74, 6) is -1.21. The maximum absolute atomic E-state index is 11.5. The number of hydrogen-bond donors (Lipinski definition) is 1. The number of carboxylic acids is 1. The molecule has 0 bridgehead atoms. The standard InChI is InChI=1S/C16H18O2S/c1-3-12-4-6-13(7-5-12)14(16(17)18)10-15-11(2)8-9-19-15/h4-9,14H,3,10H2,1-2H3,(H,17,18). The molecule has 2 rings (SSSR count). The number of benzene rings is 1. The van der Waals surface area contributed by atoms with Crippen LogP contribution in [-0.2, 0) is 17.6 Å². The predicted octanol–water partition coefficient (Wildman–Crippen LogP) is 4.03. The first-order valence-corrected chi connectivity index (χ1v) is 7.34. The molecular formula is C16H18O2S. The summed E-state index contributed by atoms with van der Waals surface area (Å²) in [5.41, 5.74) is 3.30. The summed E-state index contributed by atoms with van der Waals surface area (Å²) in [6.07, 6.45) is 1.55. The van der Waals surface area contributed by atoms with Crippen molar-refractivity contribution in [3.8, 4) is 0 Å². The topological polar surface area (TPSA) is 37.3 Å². The Labute approximate surface area is 117 Å². The quantitative estimate of drug-likeness (QED) is 0.893. The summed E-state index contributed by atoms with van der Waals surface area (Å²) in [7, 11) is 0. The van der Waals surface area contributed by atoms with E-state index in [4.69, 9.17) is 0 Å². The molecule has 0 aliphatic carbocycles. The van der Waals surface area contributed by atoms with Gasteiger partial charge in [-0.15, -0.1) is 11.3 Å². The van der Waals surface area contributed by atoms with Crippen LogP contribution in [0.2, 0.25) is 0 Å². The first-order valence-electron chi connectivity index (χ1n) is 6.46. The molecule has 0 saturated carbocycles. The van der Waals surface area contributed by atoms with Gasteiger partial charge in [0, 0.05) is 4.88 Å². The molecule has 0 aliphatic heterocycles. The van der Waals surface area contributed by atoms with Gasteiger partial charge >= 0.3 is 5.97 Å². The number of aryl methyl sites for hydroxylation is 2. The van der Waals surface area contributed by atoms with Gasteiger partial charge in [-0.25, -0.2) is 0 Å². The average Bonchev–Trinajstić information content (AvgIpc) is 2.81. The summed E-state index contributed by atoms with van der Waals surface area (Å²) in [6, 6.07) is 9.97. The Morgan fingerprint density at radius 2 is 1.95 bits per heavy atom. The van der Waals surface area contributed by atoms with Crippen LogP contribution in [0.15, 0.2) is 35.7 Å². The Hall–Kier alpha value is -1.61. The van der Waals surface area contributed by atoms with E-state index in [0.29, 0.717) is 6.42 Å². The monoisotopic (exact) mass is 274 g/mol. The van der Waals surface area contributed by atoms with Crippen molar-refractivity contribution in [3.63, 3.8) is 0 Å². The highest BCUT2D eigenvalue weighted by atomic mass is 32.1. The van der Waals surface area contributed by atoms with E-state index < -0.39 is 11.9 Å². The van der Waals surface area contributed by atoms with Crippen LogP contribution in [-0.4, -0.2) is 11.1 Å². The minimum atomic E-state index is -0.753. The number of carbonyl (C=O) groups is 1. The van der Waals surface area contributed by atoms with Crippen LogP contribution in [0.4, 0.5) is 0 Å². The molecule has 2 aromatic rings. The van der Waals surface area contributed by atoms with E-state index in [1.807, 2.05) is 42.6 Å². The lowest BCUT2D eigenvalue weighted by Gasteiger charge is -2.13. The molecule has 0 spiro atoms. The van der Waals surface area contributed by atoms with Crippen LogP contribution >= 0.6 is 11.3 Å². The highest BCUT2D eigenvalue weighted by Gasteiger charge is 2.21. The van der Waals surface area contributed by atoms with Crippen molar-refractivity contribution in [1.29, 1.82) is 0 Å². The summed E-state index contributed by atoms with van der Waals surface area (Å²) >= 11 is 1.63. The molecule has 0 amide bonds. The van der Waals surface area contributed by atoms with Crippen molar-refractivity contribution in [2.45, 2.75) is 32.6 Å². The normalized spacial score (nSPS) is 12.3. The number of thiophene rings is 1. The van der Waals surface area contributed by atoms with Crippen molar-refractivity contribution in [2.24, 2.45) is 0 Å². The Balaban J connectivity index is 2.24. The van der Waals surface area contributed by atoms with Crippen LogP contribution in [0, 0.1) is 6.92 Å². The second kappa shape index (κ2) is 6.02. The van der Waals surface area contributed by atoms with Crippen LogP contribution in [0.5, 0.6) is 0 Å². The second-order valence-corrected chi connectivity index (χ2v) is 5.72. The third-order valence-electron chi connectivity index (χ3n) is 3.45. The summed E-state index contributed by atoms with van der Waals surface area (Å²) in [5, 5.41) is 11.5. The van der Waals surface area contributed by atoms with Gasteiger partial charge in [-0.2, -0.15) is 0 Å². The number of carboxylic acid groups (broad SMARTS) is 1. The van der Waals surface area contributed by atoms with Crippen molar-refractivity contribution >= 4 is 17.3 Å². The van der Waals surface area contributed by atoms with Gasteiger partial charge in [0.05, 0.1) is 5.92 Å². The van der Waals surface area contributed by atoms with Crippen molar-refractivity contribution in [1.82, 2.24) is 0 Å². The molecule has 100 valence electrons. The molecule has 1 aromatic heterocycles. The molecule has 0 radical (unpaired) electrons. The van der Waals surface area contributed by atoms with Gasteiger partial charge in [-0.05, 0) is 47.9 Å². The minimum Gasteiger partial charge on any atom is -0.481 e. The summed E-state index contributed by atoms with van der Waals surface area (Å²) in [6.45, 7) is 4.13. The van der Waals surface area contributed by atoms with Gasteiger partial charge in [0.1, 0.15) is 0 Å². The molecular weight excluding hydrogens is 256 g/mol. The fourth-order valence-corrected chi connectivity index (χ4v) is 3.09. The van der Waals surface area contributed by atoms with E-state index in [9.17, 15) is 9.90 Å². The second-order valence-electron chi connectivity index (χ2n) is 4.72. The highest BCUT2D eigenvalue weighted by molar-refractivity contribution is 7.10. The summed E-state index contributed by atoms with van der Waals surface area (Å²) < 4.78 is 0. The molecule has 19 heavy (non-hydrogen) atoms. The smallest absolute Gasteiger partial charge is 0.311 e. The Morgan fingerprint density at radius 3 is 2.42 bits per heavy atom. The van der Waals surface area contributed by atoms with Crippen molar-refractivity contribution in [2.75, 3.05) is 0 Å². The third kappa shape index (κ3) is 3.24. The molecule has 0 saturated heterocycles. The van der Waals surface area contributed by atoms with Gasteiger partial charge in [0.25, 0.3) is 0 Å². The van der Waals surface area contributed by atoms with Crippen molar-refractivity contribution < 1.29 is 9.90 Å². The SMILES string of the molecule is CCc1ccc(C(Cc2sccc2C)C(=O)O)cc1. The van der Waals surface area contributed by atoms with E-state index in [2.05, 4.69) is 6.92 Å². The van der Waals surface area contributed by atoms with E-state index in [0.717, 1.165) is 16.9 Å². The van der Waals surface area contributed by atoms with Gasteiger partial charge in [-0.1, -0.05) is 31.2 Å². The van der Waals surface area contributed by atoms with Crippen LogP contribution in [0.3, 0.4) is 0 Å². The van der Waals surface area contributed by atoms with Gasteiger partial charge in [0.15, 0.2) is 0 Å². The fourth-order valence-electron chi connectivity index (χ4n) is 2.13. The molecule has 1 heterocycles. The molecule has 3 heteroatoms. The van der Waals surface area contributed by atoms with Crippen LogP contribution in [0.25, 0.3) is 0 Å². The largest absolute Gasteiger partial charge is 0.481 e. The fraction of sp³-hybridized carbons (Fsp3) is 0.312. The third-order valence-corrected chi connectivity index (χ3v) is 4.49. The Kier molecular flexibility index (Phi) is 4.38. The average molecular weight is 274 g/mol. The Bertz CT molecular complexity index is 554. The molecule has 1 unspecified atom stereocenters. The number of rotatable bonds is 5. The maximum atomic E-state index is 11.5. The molecule has 0 aliphatic rings. The van der Waals surface area contributed by atoms with Gasteiger partial charge < -0.3 is 5.11 Å². The van der Waals surface area contributed by atoms with Crippen molar-refractivity contribution in [3.05, 3.63) is 57.3 Å². The molecule has 1 atom stereocenters. The molecule has 2 nitrogen and oxygen atoms in total. The van der Waals surface area contributed by atoms with Gasteiger partial charge in [0.2, 0.25) is 0 Å². The van der Waals surface area contributed by atoms with Gasteiger partial charge in [-0.3, -0.25) is 4.79 Å². The highest BCUT2D eigenvalue weighted by Crippen LogP contribution is 2.26.